The number of hydrogen-bond acceptors (Lipinski definition) is 2. The van der Waals surface area contributed by atoms with Crippen LogP contribution in [0.5, 0.6) is 0 Å². The number of nitrogens with one attached hydrogen (secondary N) is 1. The molecular weight excluding hydrogens is 190 g/mol. The molecule has 0 aromatic heterocycles. The van der Waals surface area contributed by atoms with Crippen LogP contribution in [0.4, 0.5) is 0 Å². The van der Waals surface area contributed by atoms with Crippen molar-refractivity contribution in [1.82, 2.24) is 0 Å². The van der Waals surface area contributed by atoms with Gasteiger partial charge in [-0.1, -0.05) is 18.7 Å². The molecule has 76 valence electrons. The predicted molar refractivity (Wildman–Crippen MR) is 68.2 cm³/mol. The van der Waals surface area contributed by atoms with Crippen LogP contribution in [0.15, 0.2) is 46.9 Å². The zero-order valence-corrected chi connectivity index (χ0v) is 9.86. The maximum Gasteiger partial charge on any atom is 0.0563 e. The van der Waals surface area contributed by atoms with Crippen molar-refractivity contribution in [3.05, 3.63) is 46.9 Å². The molecule has 0 rings (SSSR count). The molecule has 0 saturated heterocycles. The van der Waals surface area contributed by atoms with Crippen LogP contribution in [-0.2, 0) is 0 Å². The first kappa shape index (κ1) is 13.0. The number of allylic oxidation sites excluding steroid dienone is 6. The lowest BCUT2D eigenvalue weighted by molar-refractivity contribution is 1.35. The molecule has 0 aliphatic carbocycles. The maximum absolute atomic E-state index is 7.54. The highest BCUT2D eigenvalue weighted by Gasteiger charge is 1.95. The zero-order chi connectivity index (χ0) is 11.1. The van der Waals surface area contributed by atoms with E-state index in [1.807, 2.05) is 32.9 Å². The Kier molecular flexibility index (Phi) is 5.97. The molecule has 0 aromatic carbocycles. The maximum atomic E-state index is 7.54. The summed E-state index contributed by atoms with van der Waals surface area (Å²) in [6.45, 7) is 9.50. The summed E-state index contributed by atoms with van der Waals surface area (Å²) in [4.78, 5) is 0. The van der Waals surface area contributed by atoms with Gasteiger partial charge in [-0.3, -0.25) is 0 Å². The van der Waals surface area contributed by atoms with E-state index < -0.39 is 0 Å². The molecule has 14 heavy (non-hydrogen) atoms. The summed E-state index contributed by atoms with van der Waals surface area (Å²) in [5.74, 6) is 0. The van der Waals surface area contributed by atoms with Crippen molar-refractivity contribution in [2.45, 2.75) is 20.8 Å². The van der Waals surface area contributed by atoms with Crippen LogP contribution >= 0.6 is 12.6 Å². The van der Waals surface area contributed by atoms with Crippen LogP contribution in [0.3, 0.4) is 0 Å². The molecule has 1 N–H and O–H groups in total. The van der Waals surface area contributed by atoms with E-state index in [-0.39, 0.29) is 0 Å². The Morgan fingerprint density at radius 2 is 1.79 bits per heavy atom. The molecule has 0 aromatic rings. The van der Waals surface area contributed by atoms with Crippen LogP contribution < -0.4 is 0 Å². The van der Waals surface area contributed by atoms with Crippen molar-refractivity contribution in [3.63, 3.8) is 0 Å². The molecule has 0 radical (unpaired) electrons. The smallest absolute Gasteiger partial charge is 0.0563 e. The normalized spacial score (nSPS) is 14.1. The topological polar surface area (TPSA) is 23.9 Å². The van der Waals surface area contributed by atoms with Crippen molar-refractivity contribution < 1.29 is 0 Å². The average Bonchev–Trinajstić information content (AvgIpc) is 2.16. The van der Waals surface area contributed by atoms with Crippen molar-refractivity contribution >= 4 is 18.3 Å². The summed E-state index contributed by atoms with van der Waals surface area (Å²) in [7, 11) is 0. The van der Waals surface area contributed by atoms with Gasteiger partial charge in [0.05, 0.1) is 5.71 Å². The molecule has 0 aliphatic rings. The fourth-order valence-electron chi connectivity index (χ4n) is 0.921. The molecule has 0 bridgehead atoms. The summed E-state index contributed by atoms with van der Waals surface area (Å²) < 4.78 is 0. The first-order valence-corrected chi connectivity index (χ1v) is 4.92. The van der Waals surface area contributed by atoms with E-state index in [1.54, 1.807) is 11.5 Å². The minimum Gasteiger partial charge on any atom is -0.301 e. The van der Waals surface area contributed by atoms with E-state index in [2.05, 4.69) is 19.2 Å². The fourth-order valence-corrected chi connectivity index (χ4v) is 1.14. The Labute approximate surface area is 91.8 Å². The predicted octanol–water partition coefficient (Wildman–Crippen LogP) is 3.92. The van der Waals surface area contributed by atoms with Crippen LogP contribution in [-0.4, -0.2) is 5.71 Å². The number of thiol groups is 1. The second-order valence-corrected chi connectivity index (χ2v) is 3.43. The Bertz CT molecular complexity index is 319. The molecule has 0 aliphatic heterocycles. The van der Waals surface area contributed by atoms with Crippen LogP contribution in [0.2, 0.25) is 0 Å². The number of hydrogen-bond donors (Lipinski definition) is 2. The van der Waals surface area contributed by atoms with Crippen molar-refractivity contribution in [2.24, 2.45) is 0 Å². The highest BCUT2D eigenvalue weighted by molar-refractivity contribution is 7.83. The largest absolute Gasteiger partial charge is 0.301 e. The van der Waals surface area contributed by atoms with Gasteiger partial charge in [0, 0.05) is 0 Å². The molecule has 0 unspecified atom stereocenters. The Morgan fingerprint density at radius 3 is 2.21 bits per heavy atom. The zero-order valence-electron chi connectivity index (χ0n) is 8.96. The molecule has 1 nitrogen and oxygen atoms in total. The lowest BCUT2D eigenvalue weighted by Gasteiger charge is -2.01. The van der Waals surface area contributed by atoms with Gasteiger partial charge >= 0.3 is 0 Å². The van der Waals surface area contributed by atoms with Crippen molar-refractivity contribution in [1.29, 1.82) is 5.41 Å². The van der Waals surface area contributed by atoms with Crippen LogP contribution in [0, 0.1) is 5.41 Å². The van der Waals surface area contributed by atoms with Gasteiger partial charge in [0.2, 0.25) is 0 Å². The van der Waals surface area contributed by atoms with Gasteiger partial charge in [0.1, 0.15) is 0 Å². The second kappa shape index (κ2) is 6.44. The van der Waals surface area contributed by atoms with Gasteiger partial charge in [-0.25, -0.2) is 0 Å². The van der Waals surface area contributed by atoms with Crippen molar-refractivity contribution in [2.75, 3.05) is 0 Å². The number of rotatable bonds is 4. The molecule has 2 heteroatoms. The standard InChI is InChI=1S/C12H17NS/c1-5-12(13)11(4)8-10(3)9(2)6-7-14/h5-8,13-14H,1H2,2-4H3/b7-6-,10-9+,11-8+,13-12?. The molecule has 0 fully saturated rings. The Morgan fingerprint density at radius 1 is 1.21 bits per heavy atom. The summed E-state index contributed by atoms with van der Waals surface area (Å²) in [6.07, 6.45) is 5.45. The second-order valence-electron chi connectivity index (χ2n) is 3.13. The SMILES string of the molecule is C=CC(=N)/C(C)=C/C(C)=C(C)/C=C\S. The van der Waals surface area contributed by atoms with Gasteiger partial charge in [-0.2, -0.15) is 12.6 Å². The third-order valence-corrected chi connectivity index (χ3v) is 2.16. The van der Waals surface area contributed by atoms with Crippen LogP contribution in [0.1, 0.15) is 20.8 Å². The van der Waals surface area contributed by atoms with E-state index in [0.717, 1.165) is 16.7 Å². The summed E-state index contributed by atoms with van der Waals surface area (Å²) >= 11 is 4.01. The molecule has 0 saturated carbocycles. The quantitative estimate of drug-likeness (QED) is 0.397. The molecular formula is C12H17NS. The summed E-state index contributed by atoms with van der Waals surface area (Å²) in [5, 5.41) is 9.25. The van der Waals surface area contributed by atoms with E-state index in [1.165, 1.54) is 0 Å². The Hall–Kier alpha value is -1.02. The molecule has 0 heterocycles. The average molecular weight is 207 g/mol. The van der Waals surface area contributed by atoms with Gasteiger partial charge in [-0.05, 0) is 49.0 Å². The lowest BCUT2D eigenvalue weighted by atomic mass is 10.1. The Balaban J connectivity index is 4.90. The summed E-state index contributed by atoms with van der Waals surface area (Å²) in [6, 6.07) is 0. The first-order chi connectivity index (χ1) is 6.52. The van der Waals surface area contributed by atoms with E-state index >= 15 is 0 Å². The van der Waals surface area contributed by atoms with Crippen molar-refractivity contribution in [3.8, 4) is 0 Å². The third kappa shape index (κ3) is 4.28. The fraction of sp³-hybridized carbons (Fsp3) is 0.250. The summed E-state index contributed by atoms with van der Waals surface area (Å²) in [5.41, 5.74) is 3.67. The van der Waals surface area contributed by atoms with Crippen LogP contribution in [0.25, 0.3) is 0 Å². The first-order valence-electron chi connectivity index (χ1n) is 4.40. The molecule has 0 amide bonds. The molecule has 0 spiro atoms. The monoisotopic (exact) mass is 207 g/mol. The van der Waals surface area contributed by atoms with Gasteiger partial charge in [0.15, 0.2) is 0 Å². The van der Waals surface area contributed by atoms with E-state index in [9.17, 15) is 0 Å². The third-order valence-electron chi connectivity index (χ3n) is 2.01. The minimum absolute atomic E-state index is 0.465. The van der Waals surface area contributed by atoms with Gasteiger partial charge < -0.3 is 5.41 Å². The van der Waals surface area contributed by atoms with E-state index in [4.69, 9.17) is 5.41 Å². The lowest BCUT2D eigenvalue weighted by Crippen LogP contribution is -1.92. The minimum atomic E-state index is 0.465. The molecule has 0 atom stereocenters. The van der Waals surface area contributed by atoms with E-state index in [0.29, 0.717) is 5.71 Å². The highest BCUT2D eigenvalue weighted by Crippen LogP contribution is 2.10. The van der Waals surface area contributed by atoms with Gasteiger partial charge in [0.25, 0.3) is 0 Å². The highest BCUT2D eigenvalue weighted by atomic mass is 32.1. The van der Waals surface area contributed by atoms with Gasteiger partial charge in [-0.15, -0.1) is 0 Å².